The fourth-order valence-electron chi connectivity index (χ4n) is 3.15. The normalized spacial score (nSPS) is 15.2. The zero-order valence-corrected chi connectivity index (χ0v) is 14.7. The first-order valence-electron chi connectivity index (χ1n) is 8.65. The molecule has 0 aromatic heterocycles. The molecule has 4 nitrogen and oxygen atoms in total. The highest BCUT2D eigenvalue weighted by Gasteiger charge is 2.25. The molecular weight excluding hydrogens is 314 g/mol. The van der Waals surface area contributed by atoms with Gasteiger partial charge in [0.05, 0.1) is 11.7 Å². The lowest BCUT2D eigenvalue weighted by atomic mass is 9.95. The highest BCUT2D eigenvalue weighted by molar-refractivity contribution is 6.15. The van der Waals surface area contributed by atoms with Crippen LogP contribution in [0.3, 0.4) is 0 Å². The third-order valence-corrected chi connectivity index (χ3v) is 4.92. The van der Waals surface area contributed by atoms with E-state index in [1.807, 2.05) is 32.0 Å². The van der Waals surface area contributed by atoms with Crippen LogP contribution in [-0.4, -0.2) is 40.9 Å². The van der Waals surface area contributed by atoms with E-state index in [2.05, 4.69) is 0 Å². The van der Waals surface area contributed by atoms with E-state index in [0.717, 1.165) is 11.1 Å². The molecule has 1 N–H and O–H groups in total. The summed E-state index contributed by atoms with van der Waals surface area (Å²) in [7, 11) is 0. The number of carbonyl (C=O) groups excluding carboxylic acids is 2. The molecule has 3 rings (SSSR count). The topological polar surface area (TPSA) is 57.6 Å². The molecule has 2 aromatic rings. The number of likely N-dealkylation sites (tertiary alicyclic amines) is 1. The molecule has 0 unspecified atom stereocenters. The third kappa shape index (κ3) is 3.64. The van der Waals surface area contributed by atoms with Crippen molar-refractivity contribution in [2.45, 2.75) is 32.8 Å². The van der Waals surface area contributed by atoms with Crippen LogP contribution in [0.5, 0.6) is 0 Å². The van der Waals surface area contributed by atoms with Gasteiger partial charge in [-0.3, -0.25) is 9.59 Å². The molecule has 2 aromatic carbocycles. The first-order valence-corrected chi connectivity index (χ1v) is 8.65. The minimum absolute atomic E-state index is 0.135. The molecule has 0 bridgehead atoms. The zero-order valence-electron chi connectivity index (χ0n) is 14.7. The van der Waals surface area contributed by atoms with Crippen LogP contribution >= 0.6 is 0 Å². The number of aliphatic hydroxyl groups is 1. The maximum atomic E-state index is 13.0. The average Bonchev–Trinajstić information content (AvgIpc) is 2.63. The van der Waals surface area contributed by atoms with Gasteiger partial charge < -0.3 is 10.0 Å². The Balaban J connectivity index is 1.91. The monoisotopic (exact) mass is 337 g/mol. The second-order valence-electron chi connectivity index (χ2n) is 6.70. The van der Waals surface area contributed by atoms with Crippen molar-refractivity contribution < 1.29 is 14.7 Å². The van der Waals surface area contributed by atoms with Crippen molar-refractivity contribution >= 4 is 11.7 Å². The van der Waals surface area contributed by atoms with Crippen LogP contribution in [0, 0.1) is 13.8 Å². The summed E-state index contributed by atoms with van der Waals surface area (Å²) in [6.45, 7) is 5.02. The number of hydrogen-bond donors (Lipinski definition) is 1. The van der Waals surface area contributed by atoms with Gasteiger partial charge in [-0.05, 0) is 49.9 Å². The lowest BCUT2D eigenvalue weighted by molar-refractivity contribution is 0.0544. The van der Waals surface area contributed by atoms with Gasteiger partial charge in [-0.2, -0.15) is 0 Å². The molecule has 1 heterocycles. The standard InChI is InChI=1S/C21H23NO3/c1-14-7-8-16(13-15(14)2)20(24)18-5-3-4-6-19(18)21(25)22-11-9-17(23)10-12-22/h3-8,13,17,23H,9-12H2,1-2H3. The molecule has 1 aliphatic rings. The van der Waals surface area contributed by atoms with E-state index in [-0.39, 0.29) is 17.8 Å². The Kier molecular flexibility index (Phi) is 5.00. The molecule has 1 fully saturated rings. The number of ketones is 1. The highest BCUT2D eigenvalue weighted by Crippen LogP contribution is 2.20. The predicted octanol–water partition coefficient (Wildman–Crippen LogP) is 3.13. The smallest absolute Gasteiger partial charge is 0.254 e. The molecule has 0 aliphatic carbocycles. The maximum absolute atomic E-state index is 13.0. The van der Waals surface area contributed by atoms with Crippen LogP contribution in [0.15, 0.2) is 42.5 Å². The van der Waals surface area contributed by atoms with Crippen molar-refractivity contribution in [1.82, 2.24) is 4.90 Å². The summed E-state index contributed by atoms with van der Waals surface area (Å²) in [6.07, 6.45) is 0.828. The van der Waals surface area contributed by atoms with E-state index in [9.17, 15) is 14.7 Å². The molecule has 130 valence electrons. The number of aryl methyl sites for hydroxylation is 2. The number of amides is 1. The van der Waals surface area contributed by atoms with Crippen LogP contribution in [0.25, 0.3) is 0 Å². The van der Waals surface area contributed by atoms with E-state index < -0.39 is 0 Å². The van der Waals surface area contributed by atoms with Crippen LogP contribution < -0.4 is 0 Å². The van der Waals surface area contributed by atoms with Crippen molar-refractivity contribution in [1.29, 1.82) is 0 Å². The number of carbonyl (C=O) groups is 2. The number of benzene rings is 2. The molecule has 0 spiro atoms. The lowest BCUT2D eigenvalue weighted by Gasteiger charge is -2.30. The van der Waals surface area contributed by atoms with Gasteiger partial charge >= 0.3 is 0 Å². The average molecular weight is 337 g/mol. The Hall–Kier alpha value is -2.46. The Morgan fingerprint density at radius 3 is 2.24 bits per heavy atom. The minimum Gasteiger partial charge on any atom is -0.393 e. The Bertz CT molecular complexity index is 805. The summed E-state index contributed by atoms with van der Waals surface area (Å²) >= 11 is 0. The molecule has 1 amide bonds. The minimum atomic E-state index is -0.337. The van der Waals surface area contributed by atoms with Crippen molar-refractivity contribution in [3.05, 3.63) is 70.3 Å². The number of piperidine rings is 1. The summed E-state index contributed by atoms with van der Waals surface area (Å²) in [5.74, 6) is -0.274. The fourth-order valence-corrected chi connectivity index (χ4v) is 3.15. The second kappa shape index (κ2) is 7.19. The van der Waals surface area contributed by atoms with Crippen molar-refractivity contribution in [2.24, 2.45) is 0 Å². The van der Waals surface area contributed by atoms with E-state index in [4.69, 9.17) is 0 Å². The van der Waals surface area contributed by atoms with Crippen LogP contribution in [0.1, 0.15) is 50.2 Å². The molecule has 0 saturated carbocycles. The lowest BCUT2D eigenvalue weighted by Crippen LogP contribution is -2.40. The van der Waals surface area contributed by atoms with Crippen LogP contribution in [-0.2, 0) is 0 Å². The molecule has 0 atom stereocenters. The summed E-state index contributed by atoms with van der Waals surface area (Å²) in [5, 5.41) is 9.63. The summed E-state index contributed by atoms with van der Waals surface area (Å²) in [6, 6.07) is 12.6. The van der Waals surface area contributed by atoms with Gasteiger partial charge in [-0.25, -0.2) is 0 Å². The summed E-state index contributed by atoms with van der Waals surface area (Å²) in [4.78, 5) is 27.6. The van der Waals surface area contributed by atoms with Gasteiger partial charge in [0.15, 0.2) is 5.78 Å². The maximum Gasteiger partial charge on any atom is 0.254 e. The van der Waals surface area contributed by atoms with Gasteiger partial charge in [0.1, 0.15) is 0 Å². The van der Waals surface area contributed by atoms with Crippen LogP contribution in [0.2, 0.25) is 0 Å². The van der Waals surface area contributed by atoms with E-state index in [1.165, 1.54) is 0 Å². The first kappa shape index (κ1) is 17.4. The predicted molar refractivity (Wildman–Crippen MR) is 96.9 cm³/mol. The summed E-state index contributed by atoms with van der Waals surface area (Å²) in [5.41, 5.74) is 3.65. The molecule has 1 saturated heterocycles. The summed E-state index contributed by atoms with van der Waals surface area (Å²) < 4.78 is 0. The first-order chi connectivity index (χ1) is 12.0. The molecule has 4 heteroatoms. The van der Waals surface area contributed by atoms with Crippen molar-refractivity contribution in [3.8, 4) is 0 Å². The van der Waals surface area contributed by atoms with Gasteiger partial charge in [-0.15, -0.1) is 0 Å². The Morgan fingerprint density at radius 1 is 0.960 bits per heavy atom. The largest absolute Gasteiger partial charge is 0.393 e. The number of nitrogens with zero attached hydrogens (tertiary/aromatic N) is 1. The molecule has 0 radical (unpaired) electrons. The number of hydrogen-bond acceptors (Lipinski definition) is 3. The van der Waals surface area contributed by atoms with Gasteiger partial charge in [0.25, 0.3) is 5.91 Å². The van der Waals surface area contributed by atoms with E-state index >= 15 is 0 Å². The second-order valence-corrected chi connectivity index (χ2v) is 6.70. The van der Waals surface area contributed by atoms with Gasteiger partial charge in [0, 0.05) is 24.2 Å². The highest BCUT2D eigenvalue weighted by atomic mass is 16.3. The fraction of sp³-hybridized carbons (Fsp3) is 0.333. The Labute approximate surface area is 148 Å². The quantitative estimate of drug-likeness (QED) is 0.876. The number of aliphatic hydroxyl groups excluding tert-OH is 1. The molecule has 1 aliphatic heterocycles. The van der Waals surface area contributed by atoms with Gasteiger partial charge in [0.2, 0.25) is 0 Å². The van der Waals surface area contributed by atoms with Crippen molar-refractivity contribution in [3.63, 3.8) is 0 Å². The molecule has 25 heavy (non-hydrogen) atoms. The van der Waals surface area contributed by atoms with E-state index in [0.29, 0.717) is 42.6 Å². The third-order valence-electron chi connectivity index (χ3n) is 4.92. The van der Waals surface area contributed by atoms with Crippen molar-refractivity contribution in [2.75, 3.05) is 13.1 Å². The molecular formula is C21H23NO3. The number of rotatable bonds is 3. The SMILES string of the molecule is Cc1ccc(C(=O)c2ccccc2C(=O)N2CCC(O)CC2)cc1C. The zero-order chi connectivity index (χ0) is 18.0. The van der Waals surface area contributed by atoms with Gasteiger partial charge in [-0.1, -0.05) is 30.3 Å². The Morgan fingerprint density at radius 2 is 1.60 bits per heavy atom. The van der Waals surface area contributed by atoms with Crippen LogP contribution in [0.4, 0.5) is 0 Å². The van der Waals surface area contributed by atoms with E-state index in [1.54, 1.807) is 29.2 Å².